The molecule has 1 aromatic heterocycles. The number of thiazole rings is 1. The molecule has 0 atom stereocenters. The van der Waals surface area contributed by atoms with E-state index in [1.807, 2.05) is 25.1 Å². The van der Waals surface area contributed by atoms with Crippen molar-refractivity contribution >= 4 is 32.3 Å². The van der Waals surface area contributed by atoms with Crippen molar-refractivity contribution in [2.24, 2.45) is 0 Å². The van der Waals surface area contributed by atoms with Crippen LogP contribution in [0.1, 0.15) is 11.1 Å². The number of ether oxygens (including phenoxy) is 1. The lowest BCUT2D eigenvalue weighted by molar-refractivity contribution is -0.187. The molecule has 0 amide bonds. The molecule has 1 heterocycles. The van der Waals surface area contributed by atoms with Crippen LogP contribution in [-0.2, 0) is 6.11 Å². The van der Waals surface area contributed by atoms with Gasteiger partial charge >= 0.3 is 6.11 Å². The second-order valence-electron chi connectivity index (χ2n) is 9.40. The summed E-state index contributed by atoms with van der Waals surface area (Å²) in [5.41, 5.74) is 1.57. The molecular weight excluding hydrogens is 567 g/mol. The summed E-state index contributed by atoms with van der Waals surface area (Å²) in [5.74, 6) is -8.08. The van der Waals surface area contributed by atoms with Gasteiger partial charge in [-0.05, 0) is 59.7 Å². The number of nitrogens with zero attached hydrogens (tertiary/aromatic N) is 1. The highest BCUT2D eigenvalue weighted by Crippen LogP contribution is 2.38. The van der Waals surface area contributed by atoms with Crippen molar-refractivity contribution < 1.29 is 35.5 Å². The van der Waals surface area contributed by atoms with Crippen LogP contribution in [0, 0.1) is 36.0 Å². The van der Waals surface area contributed by atoms with Crippen LogP contribution in [0.2, 0.25) is 0 Å². The van der Waals surface area contributed by atoms with Crippen molar-refractivity contribution in [3.05, 3.63) is 119 Å². The van der Waals surface area contributed by atoms with E-state index in [9.17, 15) is 26.3 Å². The smallest absolute Gasteiger partial charge is 0.429 e. The van der Waals surface area contributed by atoms with Crippen molar-refractivity contribution in [1.82, 2.24) is 4.98 Å². The molecule has 0 radical (unpaired) electrons. The predicted octanol–water partition coefficient (Wildman–Crippen LogP) is 9.92. The first-order valence-electron chi connectivity index (χ1n) is 12.1. The lowest BCUT2D eigenvalue weighted by atomic mass is 9.99. The highest BCUT2D eigenvalue weighted by atomic mass is 32.1. The highest BCUT2D eigenvalue weighted by Gasteiger charge is 2.38. The molecule has 206 valence electrons. The number of hydrogen-bond acceptors (Lipinski definition) is 3. The van der Waals surface area contributed by atoms with Crippen LogP contribution in [0.25, 0.3) is 42.7 Å². The number of benzene rings is 5. The van der Waals surface area contributed by atoms with E-state index in [0.717, 1.165) is 39.8 Å². The summed E-state index contributed by atoms with van der Waals surface area (Å²) in [6.07, 6.45) is -4.33. The largest absolute Gasteiger partial charge is 0.429 e. The minimum Gasteiger partial charge on any atom is -0.429 e. The zero-order valence-corrected chi connectivity index (χ0v) is 21.7. The summed E-state index contributed by atoms with van der Waals surface area (Å²) in [6, 6.07) is 17.4. The second-order valence-corrected chi connectivity index (χ2v) is 10.4. The van der Waals surface area contributed by atoms with E-state index in [1.54, 1.807) is 24.3 Å². The Morgan fingerprint density at radius 3 is 2.15 bits per heavy atom. The first kappa shape index (κ1) is 26.8. The van der Waals surface area contributed by atoms with Gasteiger partial charge in [0.15, 0.2) is 17.5 Å². The van der Waals surface area contributed by atoms with Crippen LogP contribution in [0.4, 0.5) is 30.7 Å². The van der Waals surface area contributed by atoms with E-state index in [-0.39, 0.29) is 23.5 Å². The number of fused-ring (bicyclic) bond motifs is 2. The average Bonchev–Trinajstić information content (AvgIpc) is 3.34. The van der Waals surface area contributed by atoms with Crippen molar-refractivity contribution in [2.75, 3.05) is 0 Å². The monoisotopic (exact) mass is 583 g/mol. The normalized spacial score (nSPS) is 11.9. The molecule has 0 saturated carbocycles. The summed E-state index contributed by atoms with van der Waals surface area (Å²) in [6.45, 7) is 1.93. The standard InChI is InChI=1S/C31H16F7NOS/c1-15-2-3-16-9-21(23(32)11-19(16)8-15)17-5-7-27-28(12-17)41-30(39-27)18-4-6-22(24(33)10-18)31(37,38)40-20-13-25(34)29(36)26(35)14-20/h2-14H,1H3. The quantitative estimate of drug-likeness (QED) is 0.149. The molecule has 0 aliphatic heterocycles. The molecule has 41 heavy (non-hydrogen) atoms. The van der Waals surface area contributed by atoms with Gasteiger partial charge in [0.1, 0.15) is 22.4 Å². The number of halogens is 7. The highest BCUT2D eigenvalue weighted by molar-refractivity contribution is 7.21. The molecule has 0 spiro atoms. The Kier molecular flexibility index (Phi) is 6.45. The first-order valence-corrected chi connectivity index (χ1v) is 12.9. The van der Waals surface area contributed by atoms with E-state index in [0.29, 0.717) is 26.4 Å². The number of rotatable bonds is 5. The third kappa shape index (κ3) is 4.99. The van der Waals surface area contributed by atoms with Crippen LogP contribution in [-0.4, -0.2) is 4.98 Å². The van der Waals surface area contributed by atoms with E-state index < -0.39 is 40.7 Å². The van der Waals surface area contributed by atoms with Gasteiger partial charge in [0.25, 0.3) is 0 Å². The van der Waals surface area contributed by atoms with Crippen LogP contribution in [0.3, 0.4) is 0 Å². The van der Waals surface area contributed by atoms with Gasteiger partial charge in [-0.15, -0.1) is 11.3 Å². The van der Waals surface area contributed by atoms with Gasteiger partial charge in [-0.25, -0.2) is 26.9 Å². The summed E-state index contributed by atoms with van der Waals surface area (Å²) >= 11 is 1.16. The Morgan fingerprint density at radius 1 is 0.683 bits per heavy atom. The van der Waals surface area contributed by atoms with Crippen molar-refractivity contribution in [3.63, 3.8) is 0 Å². The first-order chi connectivity index (χ1) is 19.5. The minimum atomic E-state index is -4.33. The van der Waals surface area contributed by atoms with Gasteiger partial charge in [0, 0.05) is 23.3 Å². The zero-order chi connectivity index (χ0) is 29.1. The Bertz CT molecular complexity index is 1960. The maximum Gasteiger partial charge on any atom is 0.429 e. The Labute approximate surface area is 232 Å². The van der Waals surface area contributed by atoms with Crippen LogP contribution in [0.5, 0.6) is 5.75 Å². The van der Waals surface area contributed by atoms with Crippen molar-refractivity contribution in [3.8, 4) is 27.4 Å². The number of alkyl halides is 2. The molecule has 6 rings (SSSR count). The molecule has 6 aromatic rings. The van der Waals surface area contributed by atoms with E-state index in [1.165, 1.54) is 12.1 Å². The topological polar surface area (TPSA) is 22.1 Å². The Balaban J connectivity index is 1.31. The van der Waals surface area contributed by atoms with Gasteiger partial charge in [-0.2, -0.15) is 8.78 Å². The molecule has 0 unspecified atom stereocenters. The molecule has 0 aliphatic rings. The van der Waals surface area contributed by atoms with Crippen LogP contribution < -0.4 is 4.74 Å². The Morgan fingerprint density at radius 2 is 1.41 bits per heavy atom. The second kappa shape index (κ2) is 9.88. The van der Waals surface area contributed by atoms with Crippen molar-refractivity contribution in [2.45, 2.75) is 13.0 Å². The van der Waals surface area contributed by atoms with Crippen LogP contribution in [0.15, 0.2) is 78.9 Å². The van der Waals surface area contributed by atoms with Gasteiger partial charge < -0.3 is 4.74 Å². The molecule has 0 fully saturated rings. The lowest BCUT2D eigenvalue weighted by Gasteiger charge is -2.19. The summed E-state index contributed by atoms with van der Waals surface area (Å²) in [7, 11) is 0. The molecule has 0 bridgehead atoms. The van der Waals surface area contributed by atoms with E-state index in [2.05, 4.69) is 9.72 Å². The SMILES string of the molecule is Cc1ccc2cc(-c3ccc4nc(-c5ccc(C(F)(F)Oc6cc(F)c(F)c(F)c6)c(F)c5)sc4c3)c(F)cc2c1. The molecular formula is C31H16F7NOS. The summed E-state index contributed by atoms with van der Waals surface area (Å²) < 4.78 is 104. The van der Waals surface area contributed by atoms with Crippen molar-refractivity contribution in [1.29, 1.82) is 0 Å². The molecule has 5 aromatic carbocycles. The molecule has 10 heteroatoms. The maximum absolute atomic E-state index is 15.0. The minimum absolute atomic E-state index is 0.191. The van der Waals surface area contributed by atoms with Gasteiger partial charge in [-0.1, -0.05) is 35.9 Å². The van der Waals surface area contributed by atoms with Gasteiger partial charge in [0.05, 0.1) is 15.8 Å². The van der Waals surface area contributed by atoms with E-state index >= 15 is 4.39 Å². The lowest BCUT2D eigenvalue weighted by Crippen LogP contribution is -2.23. The van der Waals surface area contributed by atoms with Gasteiger partial charge in [-0.3, -0.25) is 0 Å². The zero-order valence-electron chi connectivity index (χ0n) is 20.9. The molecule has 0 N–H and O–H groups in total. The Hall–Kier alpha value is -4.44. The predicted molar refractivity (Wildman–Crippen MR) is 143 cm³/mol. The molecule has 0 aliphatic carbocycles. The fourth-order valence-corrected chi connectivity index (χ4v) is 5.51. The summed E-state index contributed by atoms with van der Waals surface area (Å²) in [4.78, 5) is 4.45. The fourth-order valence-electron chi connectivity index (χ4n) is 4.50. The van der Waals surface area contributed by atoms with E-state index in [4.69, 9.17) is 0 Å². The third-order valence-corrected chi connectivity index (χ3v) is 7.58. The number of hydrogen-bond donors (Lipinski definition) is 0. The fraction of sp³-hybridized carbons (Fsp3) is 0.0645. The molecule has 2 nitrogen and oxygen atoms in total. The van der Waals surface area contributed by atoms with Gasteiger partial charge in [0.2, 0.25) is 0 Å². The summed E-state index contributed by atoms with van der Waals surface area (Å²) in [5, 5.41) is 1.98. The number of aryl methyl sites for hydroxylation is 1. The van der Waals surface area contributed by atoms with Crippen LogP contribution >= 0.6 is 11.3 Å². The number of aromatic nitrogens is 1. The molecule has 0 saturated heterocycles. The maximum atomic E-state index is 15.0. The average molecular weight is 584 g/mol. The third-order valence-electron chi connectivity index (χ3n) is 6.51.